The van der Waals surface area contributed by atoms with E-state index in [9.17, 15) is 19.8 Å². The summed E-state index contributed by atoms with van der Waals surface area (Å²) >= 11 is 0.602. The molecule has 0 bridgehead atoms. The Morgan fingerprint density at radius 3 is 1.47 bits per heavy atom. The number of carbonyl (C=O) groups is 2. The molecule has 2 N–H and O–H groups in total. The predicted octanol–water partition coefficient (Wildman–Crippen LogP) is -0.0291. The molecule has 0 saturated carbocycles. The van der Waals surface area contributed by atoms with Gasteiger partial charge in [0.2, 0.25) is 0 Å². The Morgan fingerprint density at radius 2 is 1.24 bits per heavy atom. The molecule has 1 heterocycles. The predicted molar refractivity (Wildman–Crippen MR) is 61.8 cm³/mol. The largest absolute Gasteiger partial charge is 0.503 e. The third kappa shape index (κ3) is 4.13. The first kappa shape index (κ1) is 19.6. The van der Waals surface area contributed by atoms with E-state index in [0.717, 1.165) is 14.2 Å². The minimum absolute atomic E-state index is 0. The maximum absolute atomic E-state index is 11.1. The molecule has 0 aromatic carbocycles. The van der Waals surface area contributed by atoms with Crippen LogP contribution >= 0.6 is 11.3 Å². The molecule has 0 aliphatic rings. The van der Waals surface area contributed by atoms with Crippen LogP contribution in [0.15, 0.2) is 0 Å². The molecule has 2 radical (unpaired) electrons. The summed E-state index contributed by atoms with van der Waals surface area (Å²) in [4.78, 5) is 21.7. The Hall–Kier alpha value is 0.240. The van der Waals surface area contributed by atoms with Crippen LogP contribution in [0, 0.1) is 0 Å². The van der Waals surface area contributed by atoms with Crippen molar-refractivity contribution < 1.29 is 29.3 Å². The molecule has 6 nitrogen and oxygen atoms in total. The fourth-order valence-electron chi connectivity index (χ4n) is 0.876. The quantitative estimate of drug-likeness (QED) is 0.583. The molecule has 0 amide bonds. The Morgan fingerprint density at radius 1 is 0.941 bits per heavy atom. The van der Waals surface area contributed by atoms with Crippen molar-refractivity contribution in [3.05, 3.63) is 9.75 Å². The Bertz CT molecular complexity index is 380. The minimum atomic E-state index is -0.831. The molecule has 17 heavy (non-hydrogen) atoms. The van der Waals surface area contributed by atoms with Gasteiger partial charge < -0.3 is 19.7 Å². The third-order valence-electron chi connectivity index (χ3n) is 1.60. The van der Waals surface area contributed by atoms with Gasteiger partial charge in [-0.15, -0.1) is 11.3 Å². The molecule has 0 unspecified atom stereocenters. The van der Waals surface area contributed by atoms with E-state index in [1.165, 1.54) is 0 Å². The summed E-state index contributed by atoms with van der Waals surface area (Å²) in [5, 5.41) is 18.6. The average molecular weight is 278 g/mol. The van der Waals surface area contributed by atoms with E-state index in [0.29, 0.717) is 11.3 Å². The number of hydrogen-bond donors (Lipinski definition) is 2. The minimum Gasteiger partial charge on any atom is -0.503 e. The number of esters is 2. The van der Waals surface area contributed by atoms with E-state index < -0.39 is 23.4 Å². The van der Waals surface area contributed by atoms with Crippen LogP contribution in [0.3, 0.4) is 0 Å². The first-order valence-electron chi connectivity index (χ1n) is 3.74. The second-order valence-corrected chi connectivity index (χ2v) is 3.46. The molecular weight excluding hydrogens is 270 g/mol. The SMILES string of the molecule is COC(=O)c1sc(C(=O)OC)c(O)c1O.[Na].[Na]. The van der Waals surface area contributed by atoms with Gasteiger partial charge in [0.1, 0.15) is 0 Å². The number of thiophene rings is 1. The van der Waals surface area contributed by atoms with Gasteiger partial charge in [-0.25, -0.2) is 9.59 Å². The van der Waals surface area contributed by atoms with Gasteiger partial charge >= 0.3 is 11.9 Å². The first-order valence-corrected chi connectivity index (χ1v) is 4.55. The molecule has 84 valence electrons. The first-order chi connectivity index (χ1) is 7.02. The molecule has 0 aliphatic carbocycles. The summed E-state index contributed by atoms with van der Waals surface area (Å²) in [7, 11) is 2.24. The molecule has 0 saturated heterocycles. The Balaban J connectivity index is 0. The topological polar surface area (TPSA) is 93.1 Å². The van der Waals surface area contributed by atoms with Gasteiger partial charge in [0.25, 0.3) is 0 Å². The Labute approximate surface area is 145 Å². The van der Waals surface area contributed by atoms with Gasteiger partial charge in [-0.2, -0.15) is 0 Å². The van der Waals surface area contributed by atoms with Crippen LogP contribution in [0.25, 0.3) is 0 Å². The third-order valence-corrected chi connectivity index (χ3v) is 2.73. The standard InChI is InChI=1S/C8H8O6S.2Na/c1-13-7(11)5-3(9)4(10)6(15-5)8(12)14-2;;/h9-10H,1-2H3;;. The zero-order chi connectivity index (χ0) is 11.6. The van der Waals surface area contributed by atoms with Crippen LogP contribution in [0.2, 0.25) is 0 Å². The van der Waals surface area contributed by atoms with E-state index in [-0.39, 0.29) is 68.9 Å². The fraction of sp³-hybridized carbons (Fsp3) is 0.250. The van der Waals surface area contributed by atoms with Crippen LogP contribution in [0.4, 0.5) is 0 Å². The van der Waals surface area contributed by atoms with Gasteiger partial charge in [0, 0.05) is 59.1 Å². The van der Waals surface area contributed by atoms with E-state index in [1.807, 2.05) is 0 Å². The molecule has 0 spiro atoms. The van der Waals surface area contributed by atoms with Crippen LogP contribution in [-0.4, -0.2) is 95.5 Å². The summed E-state index contributed by atoms with van der Waals surface area (Å²) in [5.41, 5.74) is 0. The van der Waals surface area contributed by atoms with Crippen molar-refractivity contribution >= 4 is 82.4 Å². The summed E-state index contributed by atoms with van der Waals surface area (Å²) in [5.74, 6) is -3.01. The molecule has 1 aromatic heterocycles. The molecule has 9 heteroatoms. The number of aromatic hydroxyl groups is 2. The second-order valence-electron chi connectivity index (χ2n) is 2.44. The number of carbonyl (C=O) groups excluding carboxylic acids is 2. The number of rotatable bonds is 2. The molecule has 0 aliphatic heterocycles. The van der Waals surface area contributed by atoms with Crippen LogP contribution in [-0.2, 0) is 9.47 Å². The van der Waals surface area contributed by atoms with Gasteiger partial charge in [-0.3, -0.25) is 0 Å². The average Bonchev–Trinajstić information content (AvgIpc) is 2.54. The van der Waals surface area contributed by atoms with Crippen LogP contribution < -0.4 is 0 Å². The fourth-order valence-corrected chi connectivity index (χ4v) is 1.80. The van der Waals surface area contributed by atoms with E-state index in [2.05, 4.69) is 9.47 Å². The number of methoxy groups -OCH3 is 2. The van der Waals surface area contributed by atoms with Crippen molar-refractivity contribution in [2.75, 3.05) is 14.2 Å². The van der Waals surface area contributed by atoms with E-state index in [4.69, 9.17) is 0 Å². The van der Waals surface area contributed by atoms with Crippen LogP contribution in [0.5, 0.6) is 11.5 Å². The Kier molecular flexibility index (Phi) is 9.63. The maximum Gasteiger partial charge on any atom is 0.352 e. The number of hydrogen-bond acceptors (Lipinski definition) is 7. The zero-order valence-corrected chi connectivity index (χ0v) is 14.8. The molecule has 1 aromatic rings. The van der Waals surface area contributed by atoms with Crippen LogP contribution in [0.1, 0.15) is 19.3 Å². The summed E-state index contributed by atoms with van der Waals surface area (Å²) in [6.07, 6.45) is 0. The smallest absolute Gasteiger partial charge is 0.352 e. The van der Waals surface area contributed by atoms with Crippen molar-refractivity contribution in [1.82, 2.24) is 0 Å². The monoisotopic (exact) mass is 278 g/mol. The summed E-state index contributed by atoms with van der Waals surface area (Å²) < 4.78 is 8.69. The van der Waals surface area contributed by atoms with Gasteiger partial charge in [-0.1, -0.05) is 0 Å². The maximum atomic E-state index is 11.1. The van der Waals surface area contributed by atoms with Crippen molar-refractivity contribution in [1.29, 1.82) is 0 Å². The summed E-state index contributed by atoms with van der Waals surface area (Å²) in [6, 6.07) is 0. The van der Waals surface area contributed by atoms with Gasteiger partial charge in [0.05, 0.1) is 14.2 Å². The van der Waals surface area contributed by atoms with Crippen molar-refractivity contribution in [3.8, 4) is 11.5 Å². The molecule has 0 fully saturated rings. The van der Waals surface area contributed by atoms with E-state index in [1.54, 1.807) is 0 Å². The normalized spacial score (nSPS) is 8.59. The van der Waals surface area contributed by atoms with Gasteiger partial charge in [0.15, 0.2) is 21.3 Å². The van der Waals surface area contributed by atoms with Crippen molar-refractivity contribution in [2.45, 2.75) is 0 Å². The van der Waals surface area contributed by atoms with Gasteiger partial charge in [-0.05, 0) is 0 Å². The summed E-state index contributed by atoms with van der Waals surface area (Å²) in [6.45, 7) is 0. The zero-order valence-electron chi connectivity index (χ0n) is 9.94. The number of ether oxygens (including phenoxy) is 2. The van der Waals surface area contributed by atoms with E-state index >= 15 is 0 Å². The molecular formula is C8H8Na2O6S. The molecule has 1 rings (SSSR count). The molecule has 0 atom stereocenters. The van der Waals surface area contributed by atoms with Crippen molar-refractivity contribution in [3.63, 3.8) is 0 Å². The van der Waals surface area contributed by atoms with Crippen molar-refractivity contribution in [2.24, 2.45) is 0 Å². The second kappa shape index (κ2) is 8.36.